The second kappa shape index (κ2) is 18.4. The van der Waals surface area contributed by atoms with Crippen LogP contribution in [0.2, 0.25) is 0 Å². The minimum Gasteiger partial charge on any atom is -0.356 e. The van der Waals surface area contributed by atoms with Crippen LogP contribution in [-0.2, 0) is 0 Å². The van der Waals surface area contributed by atoms with Gasteiger partial charge in [-0.2, -0.15) is 0 Å². The fourth-order valence-electron chi connectivity index (χ4n) is 4.34. The van der Waals surface area contributed by atoms with E-state index in [4.69, 9.17) is 0 Å². The summed E-state index contributed by atoms with van der Waals surface area (Å²) >= 11 is 0. The Morgan fingerprint density at radius 2 is 0.750 bits per heavy atom. The van der Waals surface area contributed by atoms with Gasteiger partial charge >= 0.3 is 0 Å². The van der Waals surface area contributed by atoms with Gasteiger partial charge in [-0.15, -0.1) is 0 Å². The number of unbranched alkanes of at least 4 members (excludes halogenated alkanes) is 16. The maximum atomic E-state index is 2.55. The highest BCUT2D eigenvalue weighted by atomic mass is 15.4. The standard InChI is InChI=1S/C26H52N2/c1-4-6-8-10-12-13-14-15-16-17-19-21-23-28-25-24-27(26(28)3)22-20-18-11-9-7-5-2/h24-26H,4-23H2,1-3H3. The fourth-order valence-corrected chi connectivity index (χ4v) is 4.34. The van der Waals surface area contributed by atoms with E-state index in [9.17, 15) is 0 Å². The first-order valence-electron chi connectivity index (χ1n) is 13.0. The van der Waals surface area contributed by atoms with Gasteiger partial charge in [-0.3, -0.25) is 0 Å². The largest absolute Gasteiger partial charge is 0.356 e. The maximum absolute atomic E-state index is 2.55. The second-order valence-corrected chi connectivity index (χ2v) is 9.06. The summed E-state index contributed by atoms with van der Waals surface area (Å²) < 4.78 is 0. The van der Waals surface area contributed by atoms with Crippen molar-refractivity contribution < 1.29 is 0 Å². The van der Waals surface area contributed by atoms with Gasteiger partial charge in [0.2, 0.25) is 0 Å². The number of rotatable bonds is 20. The van der Waals surface area contributed by atoms with Crippen molar-refractivity contribution in [2.75, 3.05) is 13.1 Å². The molecule has 0 fully saturated rings. The Bertz CT molecular complexity index is 352. The van der Waals surface area contributed by atoms with Crippen molar-refractivity contribution in [3.05, 3.63) is 12.4 Å². The highest BCUT2D eigenvalue weighted by molar-refractivity contribution is 4.95. The highest BCUT2D eigenvalue weighted by Gasteiger charge is 2.20. The average Bonchev–Trinajstić information content (AvgIpc) is 3.05. The van der Waals surface area contributed by atoms with Crippen LogP contribution >= 0.6 is 0 Å². The summed E-state index contributed by atoms with van der Waals surface area (Å²) in [6.07, 6.45) is 30.8. The molecule has 0 radical (unpaired) electrons. The van der Waals surface area contributed by atoms with Crippen LogP contribution in [0.1, 0.15) is 136 Å². The van der Waals surface area contributed by atoms with Crippen molar-refractivity contribution in [2.45, 2.75) is 143 Å². The molecule has 0 bridgehead atoms. The minimum absolute atomic E-state index is 0.573. The van der Waals surface area contributed by atoms with Gasteiger partial charge in [0.25, 0.3) is 0 Å². The van der Waals surface area contributed by atoms with Gasteiger partial charge in [0.05, 0.1) is 6.17 Å². The van der Waals surface area contributed by atoms with Gasteiger partial charge < -0.3 is 9.80 Å². The first kappa shape index (κ1) is 25.4. The lowest BCUT2D eigenvalue weighted by atomic mass is 10.1. The van der Waals surface area contributed by atoms with Crippen molar-refractivity contribution in [1.82, 2.24) is 9.80 Å². The summed E-state index contributed by atoms with van der Waals surface area (Å²) in [7, 11) is 0. The van der Waals surface area contributed by atoms with Gasteiger partial charge in [-0.1, -0.05) is 117 Å². The van der Waals surface area contributed by atoms with E-state index < -0.39 is 0 Å². The molecular formula is C26H52N2. The summed E-state index contributed by atoms with van der Waals surface area (Å²) in [5.41, 5.74) is 0. The molecule has 0 N–H and O–H groups in total. The predicted octanol–water partition coefficient (Wildman–Crippen LogP) is 8.48. The Morgan fingerprint density at radius 3 is 1.07 bits per heavy atom. The molecule has 0 saturated heterocycles. The lowest BCUT2D eigenvalue weighted by Crippen LogP contribution is -2.36. The molecule has 1 aliphatic rings. The molecule has 1 unspecified atom stereocenters. The first-order valence-corrected chi connectivity index (χ1v) is 13.0. The predicted molar refractivity (Wildman–Crippen MR) is 126 cm³/mol. The monoisotopic (exact) mass is 392 g/mol. The molecule has 28 heavy (non-hydrogen) atoms. The summed E-state index contributed by atoms with van der Waals surface area (Å²) in [4.78, 5) is 5.09. The van der Waals surface area contributed by atoms with Gasteiger partial charge in [-0.05, 0) is 19.8 Å². The minimum atomic E-state index is 0.573. The molecule has 2 heteroatoms. The van der Waals surface area contributed by atoms with Crippen molar-refractivity contribution in [3.63, 3.8) is 0 Å². The topological polar surface area (TPSA) is 6.48 Å². The van der Waals surface area contributed by atoms with E-state index >= 15 is 0 Å². The Kier molecular flexibility index (Phi) is 16.7. The maximum Gasteiger partial charge on any atom is 0.0977 e. The Hall–Kier alpha value is -0.660. The molecule has 0 aromatic carbocycles. The second-order valence-electron chi connectivity index (χ2n) is 9.06. The smallest absolute Gasteiger partial charge is 0.0977 e. The molecule has 2 nitrogen and oxygen atoms in total. The molecule has 166 valence electrons. The van der Waals surface area contributed by atoms with E-state index in [1.54, 1.807) is 0 Å². The van der Waals surface area contributed by atoms with Crippen LogP contribution in [0.25, 0.3) is 0 Å². The number of hydrogen-bond donors (Lipinski definition) is 0. The van der Waals surface area contributed by atoms with Crippen LogP contribution in [0.15, 0.2) is 12.4 Å². The van der Waals surface area contributed by atoms with Gasteiger partial charge in [0.1, 0.15) is 0 Å². The molecule has 1 aliphatic heterocycles. The van der Waals surface area contributed by atoms with E-state index in [0.717, 1.165) is 0 Å². The summed E-state index contributed by atoms with van der Waals surface area (Å²) in [6, 6.07) is 0. The van der Waals surface area contributed by atoms with Crippen LogP contribution in [0.4, 0.5) is 0 Å². The van der Waals surface area contributed by atoms with Gasteiger partial charge in [-0.25, -0.2) is 0 Å². The van der Waals surface area contributed by atoms with Crippen molar-refractivity contribution in [2.24, 2.45) is 0 Å². The van der Waals surface area contributed by atoms with Crippen molar-refractivity contribution >= 4 is 0 Å². The van der Waals surface area contributed by atoms with Crippen LogP contribution < -0.4 is 0 Å². The van der Waals surface area contributed by atoms with E-state index in [0.29, 0.717) is 6.17 Å². The summed E-state index contributed by atoms with van der Waals surface area (Å²) in [5.74, 6) is 0. The summed E-state index contributed by atoms with van der Waals surface area (Å²) in [5, 5.41) is 0. The van der Waals surface area contributed by atoms with Crippen molar-refractivity contribution in [1.29, 1.82) is 0 Å². The Balaban J connectivity index is 1.89. The van der Waals surface area contributed by atoms with Gasteiger partial charge in [0, 0.05) is 25.5 Å². The third-order valence-corrected chi connectivity index (χ3v) is 6.45. The Morgan fingerprint density at radius 1 is 0.464 bits per heavy atom. The molecular weight excluding hydrogens is 340 g/mol. The van der Waals surface area contributed by atoms with Crippen LogP contribution in [0.5, 0.6) is 0 Å². The van der Waals surface area contributed by atoms with Crippen LogP contribution in [0.3, 0.4) is 0 Å². The molecule has 1 heterocycles. The zero-order valence-corrected chi connectivity index (χ0v) is 19.8. The quantitative estimate of drug-likeness (QED) is 0.192. The summed E-state index contributed by atoms with van der Waals surface area (Å²) in [6.45, 7) is 9.44. The molecule has 0 aromatic heterocycles. The zero-order chi connectivity index (χ0) is 20.3. The molecule has 0 aromatic rings. The van der Waals surface area contributed by atoms with Gasteiger partial charge in [0.15, 0.2) is 0 Å². The zero-order valence-electron chi connectivity index (χ0n) is 19.8. The lowest BCUT2D eigenvalue weighted by Gasteiger charge is -2.30. The molecule has 1 atom stereocenters. The normalized spacial score (nSPS) is 16.5. The van der Waals surface area contributed by atoms with Crippen LogP contribution in [-0.4, -0.2) is 29.1 Å². The van der Waals surface area contributed by atoms with E-state index in [-0.39, 0.29) is 0 Å². The average molecular weight is 393 g/mol. The van der Waals surface area contributed by atoms with E-state index in [1.807, 2.05) is 0 Å². The molecule has 0 aliphatic carbocycles. The highest BCUT2D eigenvalue weighted by Crippen LogP contribution is 2.18. The third-order valence-electron chi connectivity index (χ3n) is 6.45. The SMILES string of the molecule is CCCCCCCCCCCCCCN1C=CN(CCCCCCCC)C1C. The molecule has 1 rings (SSSR count). The Labute approximate surface area is 178 Å². The molecule has 0 amide bonds. The van der Waals surface area contributed by atoms with Crippen LogP contribution in [0, 0.1) is 0 Å². The lowest BCUT2D eigenvalue weighted by molar-refractivity contribution is 0.165. The third kappa shape index (κ3) is 12.7. The number of hydrogen-bond acceptors (Lipinski definition) is 2. The first-order chi connectivity index (χ1) is 13.8. The van der Waals surface area contributed by atoms with E-state index in [1.165, 1.54) is 129 Å². The molecule has 0 spiro atoms. The molecule has 0 saturated carbocycles. The number of nitrogens with zero attached hydrogens (tertiary/aromatic N) is 2. The fraction of sp³-hybridized carbons (Fsp3) is 0.923. The van der Waals surface area contributed by atoms with E-state index in [2.05, 4.69) is 43.0 Å². The van der Waals surface area contributed by atoms with Crippen molar-refractivity contribution in [3.8, 4) is 0 Å².